The van der Waals surface area contributed by atoms with Crippen LogP contribution in [0.15, 0.2) is 22.6 Å². The molecule has 1 aromatic carbocycles. The summed E-state index contributed by atoms with van der Waals surface area (Å²) in [4.78, 5) is 26.0. The zero-order chi connectivity index (χ0) is 18.1. The standard InChI is InChI=1S/C18H20ClN3O3/c1-10-11(2)25-12(3)17(10)18(24)21-13-4-5-15(14(19)8-13)22-7-6-20-16(23)9-22/h4-5,8H,6-7,9H2,1-3H3,(H,20,23)(H,21,24). The van der Waals surface area contributed by atoms with E-state index in [2.05, 4.69) is 10.6 Å². The topological polar surface area (TPSA) is 74.6 Å². The summed E-state index contributed by atoms with van der Waals surface area (Å²) in [5, 5.41) is 6.12. The van der Waals surface area contributed by atoms with Gasteiger partial charge < -0.3 is 20.0 Å². The molecule has 0 radical (unpaired) electrons. The number of carbonyl (C=O) groups is 2. The number of halogens is 1. The van der Waals surface area contributed by atoms with Crippen molar-refractivity contribution in [2.45, 2.75) is 20.8 Å². The zero-order valence-corrected chi connectivity index (χ0v) is 15.2. The van der Waals surface area contributed by atoms with Crippen molar-refractivity contribution in [3.63, 3.8) is 0 Å². The third-order valence-corrected chi connectivity index (χ3v) is 4.68. The van der Waals surface area contributed by atoms with Gasteiger partial charge in [-0.2, -0.15) is 0 Å². The average molecular weight is 362 g/mol. The van der Waals surface area contributed by atoms with Crippen LogP contribution in [0.3, 0.4) is 0 Å². The molecule has 6 nitrogen and oxygen atoms in total. The quantitative estimate of drug-likeness (QED) is 0.881. The number of benzene rings is 1. The summed E-state index contributed by atoms with van der Waals surface area (Å²) in [6.07, 6.45) is 0. The van der Waals surface area contributed by atoms with Gasteiger partial charge in [0, 0.05) is 24.3 Å². The maximum Gasteiger partial charge on any atom is 0.259 e. The van der Waals surface area contributed by atoms with Gasteiger partial charge in [-0.15, -0.1) is 0 Å². The van der Waals surface area contributed by atoms with Gasteiger partial charge in [0.2, 0.25) is 5.91 Å². The summed E-state index contributed by atoms with van der Waals surface area (Å²) in [5.74, 6) is 1.07. The lowest BCUT2D eigenvalue weighted by Crippen LogP contribution is -2.47. The van der Waals surface area contributed by atoms with E-state index in [0.717, 1.165) is 17.0 Å². The van der Waals surface area contributed by atoms with Gasteiger partial charge in [-0.3, -0.25) is 9.59 Å². The SMILES string of the molecule is Cc1oc(C)c(C(=O)Nc2ccc(N3CCNC(=O)C3)c(Cl)c2)c1C. The van der Waals surface area contributed by atoms with Gasteiger partial charge in [-0.1, -0.05) is 11.6 Å². The summed E-state index contributed by atoms with van der Waals surface area (Å²) >= 11 is 6.36. The van der Waals surface area contributed by atoms with E-state index in [1.807, 2.05) is 24.8 Å². The molecule has 3 rings (SSSR count). The first-order valence-corrected chi connectivity index (χ1v) is 8.43. The molecule has 2 N–H and O–H groups in total. The number of nitrogens with zero attached hydrogens (tertiary/aromatic N) is 1. The molecular formula is C18H20ClN3O3. The van der Waals surface area contributed by atoms with Crippen molar-refractivity contribution in [1.82, 2.24) is 5.32 Å². The number of carbonyl (C=O) groups excluding carboxylic acids is 2. The molecule has 0 aliphatic carbocycles. The van der Waals surface area contributed by atoms with Gasteiger partial charge >= 0.3 is 0 Å². The van der Waals surface area contributed by atoms with Gasteiger partial charge in [0.1, 0.15) is 11.5 Å². The lowest BCUT2D eigenvalue weighted by atomic mass is 10.1. The molecule has 1 aromatic heterocycles. The number of hydrogen-bond donors (Lipinski definition) is 2. The lowest BCUT2D eigenvalue weighted by molar-refractivity contribution is -0.120. The molecule has 1 aliphatic heterocycles. The highest BCUT2D eigenvalue weighted by atomic mass is 35.5. The van der Waals surface area contributed by atoms with E-state index >= 15 is 0 Å². The summed E-state index contributed by atoms with van der Waals surface area (Å²) in [6, 6.07) is 5.29. The van der Waals surface area contributed by atoms with Crippen LogP contribution < -0.4 is 15.5 Å². The number of amides is 2. The maximum absolute atomic E-state index is 12.5. The van der Waals surface area contributed by atoms with Crippen LogP contribution in [0.2, 0.25) is 5.02 Å². The van der Waals surface area contributed by atoms with Crippen LogP contribution in [0, 0.1) is 20.8 Å². The number of anilines is 2. The molecule has 2 amide bonds. The van der Waals surface area contributed by atoms with Crippen molar-refractivity contribution >= 4 is 34.8 Å². The molecule has 132 valence electrons. The first-order valence-electron chi connectivity index (χ1n) is 8.06. The molecule has 1 aliphatic rings. The van der Waals surface area contributed by atoms with Crippen molar-refractivity contribution in [2.24, 2.45) is 0 Å². The third-order valence-electron chi connectivity index (χ3n) is 4.37. The molecular weight excluding hydrogens is 342 g/mol. The molecule has 25 heavy (non-hydrogen) atoms. The number of furan rings is 1. The smallest absolute Gasteiger partial charge is 0.259 e. The maximum atomic E-state index is 12.5. The third kappa shape index (κ3) is 3.49. The van der Waals surface area contributed by atoms with Crippen LogP contribution >= 0.6 is 11.6 Å². The highest BCUT2D eigenvalue weighted by Crippen LogP contribution is 2.30. The fourth-order valence-electron chi connectivity index (χ4n) is 3.01. The van der Waals surface area contributed by atoms with E-state index < -0.39 is 0 Å². The number of nitrogens with one attached hydrogen (secondary N) is 2. The molecule has 7 heteroatoms. The minimum atomic E-state index is -0.229. The minimum Gasteiger partial charge on any atom is -0.466 e. The van der Waals surface area contributed by atoms with Crippen molar-refractivity contribution in [3.05, 3.63) is 45.9 Å². The van der Waals surface area contributed by atoms with Crippen molar-refractivity contribution in [1.29, 1.82) is 0 Å². The monoisotopic (exact) mass is 361 g/mol. The van der Waals surface area contributed by atoms with E-state index in [0.29, 0.717) is 35.1 Å². The Morgan fingerprint density at radius 3 is 2.64 bits per heavy atom. The Kier molecular flexibility index (Phi) is 4.72. The van der Waals surface area contributed by atoms with Crippen LogP contribution in [0.4, 0.5) is 11.4 Å². The molecule has 2 heterocycles. The molecule has 0 spiro atoms. The van der Waals surface area contributed by atoms with Gasteiger partial charge in [0.25, 0.3) is 5.91 Å². The number of piperazine rings is 1. The van der Waals surface area contributed by atoms with Gasteiger partial charge in [-0.25, -0.2) is 0 Å². The van der Waals surface area contributed by atoms with Crippen molar-refractivity contribution in [2.75, 3.05) is 29.9 Å². The Hall–Kier alpha value is -2.47. The Morgan fingerprint density at radius 1 is 1.28 bits per heavy atom. The second kappa shape index (κ2) is 6.80. The second-order valence-corrected chi connectivity index (χ2v) is 6.51. The van der Waals surface area contributed by atoms with Crippen molar-refractivity contribution in [3.8, 4) is 0 Å². The van der Waals surface area contributed by atoms with E-state index in [-0.39, 0.29) is 18.4 Å². The molecule has 0 atom stereocenters. The van der Waals surface area contributed by atoms with E-state index in [1.165, 1.54) is 0 Å². The van der Waals surface area contributed by atoms with Crippen LogP contribution in [0.5, 0.6) is 0 Å². The molecule has 2 aromatic rings. The fraction of sp³-hybridized carbons (Fsp3) is 0.333. The zero-order valence-electron chi connectivity index (χ0n) is 14.4. The Balaban J connectivity index is 1.79. The normalized spacial score (nSPS) is 14.4. The summed E-state index contributed by atoms with van der Waals surface area (Å²) in [7, 11) is 0. The second-order valence-electron chi connectivity index (χ2n) is 6.11. The first-order chi connectivity index (χ1) is 11.9. The Morgan fingerprint density at radius 2 is 2.04 bits per heavy atom. The highest BCUT2D eigenvalue weighted by molar-refractivity contribution is 6.33. The molecule has 0 unspecified atom stereocenters. The number of aryl methyl sites for hydroxylation is 2. The van der Waals surface area contributed by atoms with Crippen LogP contribution in [-0.4, -0.2) is 31.4 Å². The number of hydrogen-bond acceptors (Lipinski definition) is 4. The molecule has 1 saturated heterocycles. The van der Waals surface area contributed by atoms with E-state index in [1.54, 1.807) is 19.1 Å². The van der Waals surface area contributed by atoms with E-state index in [9.17, 15) is 9.59 Å². The van der Waals surface area contributed by atoms with Crippen LogP contribution in [0.25, 0.3) is 0 Å². The molecule has 0 saturated carbocycles. The fourth-order valence-corrected chi connectivity index (χ4v) is 3.31. The van der Waals surface area contributed by atoms with Gasteiger partial charge in [0.15, 0.2) is 0 Å². The van der Waals surface area contributed by atoms with Gasteiger partial charge in [0.05, 0.1) is 22.8 Å². The lowest BCUT2D eigenvalue weighted by Gasteiger charge is -2.29. The van der Waals surface area contributed by atoms with E-state index in [4.69, 9.17) is 16.0 Å². The average Bonchev–Trinajstić information content (AvgIpc) is 2.80. The predicted molar refractivity (Wildman–Crippen MR) is 97.5 cm³/mol. The largest absolute Gasteiger partial charge is 0.466 e. The Bertz CT molecular complexity index is 844. The first kappa shape index (κ1) is 17.4. The molecule has 1 fully saturated rings. The predicted octanol–water partition coefficient (Wildman–Crippen LogP) is 3.05. The van der Waals surface area contributed by atoms with Crippen molar-refractivity contribution < 1.29 is 14.0 Å². The van der Waals surface area contributed by atoms with Crippen LogP contribution in [-0.2, 0) is 4.79 Å². The summed E-state index contributed by atoms with van der Waals surface area (Å²) in [6.45, 7) is 7.03. The number of rotatable bonds is 3. The highest BCUT2D eigenvalue weighted by Gasteiger charge is 2.21. The summed E-state index contributed by atoms with van der Waals surface area (Å²) in [5.41, 5.74) is 2.75. The summed E-state index contributed by atoms with van der Waals surface area (Å²) < 4.78 is 5.50. The molecule has 0 bridgehead atoms. The van der Waals surface area contributed by atoms with Crippen LogP contribution in [0.1, 0.15) is 27.4 Å². The van der Waals surface area contributed by atoms with Gasteiger partial charge in [-0.05, 0) is 39.0 Å². The minimum absolute atomic E-state index is 0.0269. The Labute approximate surface area is 151 Å².